The van der Waals surface area contributed by atoms with Gasteiger partial charge < -0.3 is 0 Å². The Hall–Kier alpha value is -0.530. The van der Waals surface area contributed by atoms with Gasteiger partial charge in [0.25, 0.3) is 0 Å². The van der Waals surface area contributed by atoms with E-state index in [0.717, 1.165) is 6.42 Å². The Morgan fingerprint density at radius 3 is 2.33 bits per heavy atom. The highest BCUT2D eigenvalue weighted by Gasteiger charge is 2.49. The van der Waals surface area contributed by atoms with E-state index < -0.39 is 0 Å². The lowest BCUT2D eigenvalue weighted by Crippen LogP contribution is -2.02. The maximum Gasteiger partial charge on any atom is 0.242 e. The molecule has 9 heavy (non-hydrogen) atoms. The maximum absolute atomic E-state index is 10.5. The first-order valence-electron chi connectivity index (χ1n) is 3.44. The molecule has 0 aliphatic heterocycles. The quantitative estimate of drug-likeness (QED) is 0.546. The number of nitrogens with one attached hydrogen (secondary N) is 1. The summed E-state index contributed by atoms with van der Waals surface area (Å²) in [5, 5.41) is 0. The van der Waals surface area contributed by atoms with Crippen LogP contribution in [-0.2, 0) is 4.79 Å². The van der Waals surface area contributed by atoms with Crippen LogP contribution in [0.3, 0.4) is 0 Å². The van der Waals surface area contributed by atoms with Crippen LogP contribution in [0.5, 0.6) is 0 Å². The molecular formula is C7H12NO. The molecule has 1 saturated carbocycles. The van der Waals surface area contributed by atoms with E-state index in [2.05, 4.69) is 6.92 Å². The molecule has 0 heterocycles. The summed E-state index contributed by atoms with van der Waals surface area (Å²) in [6.45, 7) is 4.12. The van der Waals surface area contributed by atoms with Crippen LogP contribution in [0.1, 0.15) is 20.3 Å². The topological polar surface area (TPSA) is 40.9 Å². The van der Waals surface area contributed by atoms with E-state index in [0.29, 0.717) is 11.8 Å². The summed E-state index contributed by atoms with van der Waals surface area (Å²) < 4.78 is 0. The van der Waals surface area contributed by atoms with Crippen molar-refractivity contribution in [1.29, 1.82) is 0 Å². The highest BCUT2D eigenvalue weighted by Crippen LogP contribution is 2.47. The van der Waals surface area contributed by atoms with E-state index in [1.165, 1.54) is 0 Å². The van der Waals surface area contributed by atoms with Crippen LogP contribution in [0.4, 0.5) is 0 Å². The first-order valence-corrected chi connectivity index (χ1v) is 3.44. The molecule has 1 aliphatic carbocycles. The minimum absolute atomic E-state index is 0.0787. The van der Waals surface area contributed by atoms with E-state index >= 15 is 0 Å². The second kappa shape index (κ2) is 2.01. The van der Waals surface area contributed by atoms with Gasteiger partial charge in [-0.1, -0.05) is 20.3 Å². The van der Waals surface area contributed by atoms with Gasteiger partial charge in [0.2, 0.25) is 5.91 Å². The Balaban J connectivity index is 2.42. The van der Waals surface area contributed by atoms with Gasteiger partial charge in [-0.15, -0.1) is 0 Å². The lowest BCUT2D eigenvalue weighted by atomic mass is 10.2. The van der Waals surface area contributed by atoms with Gasteiger partial charge in [0, 0.05) is 5.92 Å². The summed E-state index contributed by atoms with van der Waals surface area (Å²) in [4.78, 5) is 10.5. The zero-order chi connectivity index (χ0) is 7.02. The number of hydrogen-bond donors (Lipinski definition) is 0. The second-order valence-electron chi connectivity index (χ2n) is 2.82. The molecular weight excluding hydrogens is 114 g/mol. The zero-order valence-corrected chi connectivity index (χ0v) is 5.85. The first-order chi connectivity index (χ1) is 4.18. The van der Waals surface area contributed by atoms with Crippen LogP contribution in [0.15, 0.2) is 0 Å². The third-order valence-corrected chi connectivity index (χ3v) is 2.34. The first kappa shape index (κ1) is 6.59. The second-order valence-corrected chi connectivity index (χ2v) is 2.82. The molecule has 1 fully saturated rings. The maximum atomic E-state index is 10.5. The molecule has 1 radical (unpaired) electrons. The molecule has 51 valence electrons. The van der Waals surface area contributed by atoms with Crippen molar-refractivity contribution in [3.8, 4) is 0 Å². The normalized spacial score (nSPS) is 40.4. The largest absolute Gasteiger partial charge is 0.273 e. The van der Waals surface area contributed by atoms with Crippen molar-refractivity contribution >= 4 is 5.91 Å². The molecule has 0 bridgehead atoms. The molecule has 0 aromatic heterocycles. The predicted molar refractivity (Wildman–Crippen MR) is 34.5 cm³/mol. The summed E-state index contributed by atoms with van der Waals surface area (Å²) in [6, 6.07) is 0. The van der Waals surface area contributed by atoms with Gasteiger partial charge in [0.1, 0.15) is 0 Å². The summed E-state index contributed by atoms with van der Waals surface area (Å²) >= 11 is 0. The number of carbonyl (C=O) groups is 1. The third kappa shape index (κ3) is 0.934. The molecule has 1 aliphatic rings. The molecule has 0 aromatic carbocycles. The van der Waals surface area contributed by atoms with E-state index in [9.17, 15) is 4.79 Å². The number of amides is 1. The lowest BCUT2D eigenvalue weighted by molar-refractivity contribution is -0.120. The van der Waals surface area contributed by atoms with Crippen LogP contribution >= 0.6 is 0 Å². The van der Waals surface area contributed by atoms with Crippen molar-refractivity contribution in [3.05, 3.63) is 0 Å². The fourth-order valence-electron chi connectivity index (χ4n) is 1.60. The van der Waals surface area contributed by atoms with E-state index in [-0.39, 0.29) is 11.8 Å². The molecule has 0 aromatic rings. The Morgan fingerprint density at radius 1 is 1.67 bits per heavy atom. The van der Waals surface area contributed by atoms with Crippen molar-refractivity contribution in [2.24, 2.45) is 17.8 Å². The molecule has 2 nitrogen and oxygen atoms in total. The highest BCUT2D eigenvalue weighted by atomic mass is 16.1. The molecule has 0 spiro atoms. The van der Waals surface area contributed by atoms with Gasteiger partial charge in [-0.2, -0.15) is 0 Å². The van der Waals surface area contributed by atoms with Crippen LogP contribution in [0.25, 0.3) is 0 Å². The van der Waals surface area contributed by atoms with Gasteiger partial charge in [0.05, 0.1) is 0 Å². The van der Waals surface area contributed by atoms with Gasteiger partial charge in [-0.25, -0.2) is 0 Å². The monoisotopic (exact) mass is 126 g/mol. The van der Waals surface area contributed by atoms with Crippen LogP contribution in [0, 0.1) is 17.8 Å². The SMILES string of the molecule is CCC1C(C)C1C([NH])=O. The van der Waals surface area contributed by atoms with Crippen molar-refractivity contribution in [2.75, 3.05) is 0 Å². The highest BCUT2D eigenvalue weighted by molar-refractivity contribution is 5.79. The van der Waals surface area contributed by atoms with Crippen LogP contribution < -0.4 is 5.73 Å². The minimum atomic E-state index is -0.366. The predicted octanol–water partition coefficient (Wildman–Crippen LogP) is 1.09. The number of rotatable bonds is 2. The molecule has 1 rings (SSSR count). The van der Waals surface area contributed by atoms with E-state index in [1.807, 2.05) is 6.92 Å². The Labute approximate surface area is 55.4 Å². The average molecular weight is 126 g/mol. The fourth-order valence-corrected chi connectivity index (χ4v) is 1.60. The lowest BCUT2D eigenvalue weighted by Gasteiger charge is -1.84. The standard InChI is InChI=1S/C7H12NO/c1-3-5-4(2)6(5)7(8)9/h4-6,8H,3H2,1-2H3. The Bertz CT molecular complexity index is 133. The molecule has 1 amide bonds. The van der Waals surface area contributed by atoms with Crippen LogP contribution in [-0.4, -0.2) is 5.91 Å². The molecule has 2 heteroatoms. The minimum Gasteiger partial charge on any atom is -0.273 e. The van der Waals surface area contributed by atoms with Gasteiger partial charge in [0.15, 0.2) is 0 Å². The third-order valence-electron chi connectivity index (χ3n) is 2.34. The Kier molecular flexibility index (Phi) is 1.47. The van der Waals surface area contributed by atoms with E-state index in [1.54, 1.807) is 0 Å². The summed E-state index contributed by atoms with van der Waals surface area (Å²) in [6.07, 6.45) is 1.05. The smallest absolute Gasteiger partial charge is 0.242 e. The Morgan fingerprint density at radius 2 is 2.22 bits per heavy atom. The van der Waals surface area contributed by atoms with Crippen LogP contribution in [0.2, 0.25) is 0 Å². The van der Waals surface area contributed by atoms with Gasteiger partial charge >= 0.3 is 0 Å². The molecule has 0 saturated heterocycles. The van der Waals surface area contributed by atoms with E-state index in [4.69, 9.17) is 5.73 Å². The fraction of sp³-hybridized carbons (Fsp3) is 0.857. The van der Waals surface area contributed by atoms with Crippen molar-refractivity contribution in [3.63, 3.8) is 0 Å². The molecule has 1 N–H and O–H groups in total. The number of carbonyl (C=O) groups excluding carboxylic acids is 1. The van der Waals surface area contributed by atoms with Gasteiger partial charge in [-0.3, -0.25) is 10.5 Å². The summed E-state index contributed by atoms with van der Waals surface area (Å²) in [7, 11) is 0. The number of hydrogen-bond acceptors (Lipinski definition) is 1. The zero-order valence-electron chi connectivity index (χ0n) is 5.85. The summed E-state index contributed by atoms with van der Waals surface area (Å²) in [5.74, 6) is 0.722. The van der Waals surface area contributed by atoms with Gasteiger partial charge in [-0.05, 0) is 11.8 Å². The molecule has 3 unspecified atom stereocenters. The van der Waals surface area contributed by atoms with Crippen molar-refractivity contribution < 1.29 is 4.79 Å². The average Bonchev–Trinajstić information content (AvgIpc) is 2.40. The van der Waals surface area contributed by atoms with Crippen molar-refractivity contribution in [1.82, 2.24) is 5.73 Å². The molecule has 3 atom stereocenters. The summed E-state index contributed by atoms with van der Waals surface area (Å²) in [5.41, 5.74) is 6.82. The van der Waals surface area contributed by atoms with Crippen molar-refractivity contribution in [2.45, 2.75) is 20.3 Å².